The van der Waals surface area contributed by atoms with Gasteiger partial charge in [0.1, 0.15) is 11.5 Å². The summed E-state index contributed by atoms with van der Waals surface area (Å²) in [6, 6.07) is 4.54. The van der Waals surface area contributed by atoms with Crippen molar-refractivity contribution in [1.82, 2.24) is 14.1 Å². The van der Waals surface area contributed by atoms with Gasteiger partial charge < -0.3 is 4.74 Å². The molecule has 1 atom stereocenters. The topological polar surface area (TPSA) is 86.1 Å². The zero-order chi connectivity index (χ0) is 21.3. The molecule has 1 aliphatic rings. The predicted octanol–water partition coefficient (Wildman–Crippen LogP) is 2.38. The summed E-state index contributed by atoms with van der Waals surface area (Å²) in [5, 5.41) is -0.700. The Morgan fingerprint density at radius 3 is 2.52 bits per heavy atom. The highest BCUT2D eigenvalue weighted by Gasteiger charge is 2.32. The molecule has 0 spiro atoms. The molecule has 0 radical (unpaired) electrons. The van der Waals surface area contributed by atoms with E-state index in [-0.39, 0.29) is 23.9 Å². The zero-order valence-corrected chi connectivity index (χ0v) is 16.1. The van der Waals surface area contributed by atoms with Crippen molar-refractivity contribution in [2.75, 3.05) is 0 Å². The van der Waals surface area contributed by atoms with Gasteiger partial charge in [-0.1, -0.05) is 6.08 Å². The van der Waals surface area contributed by atoms with Crippen LogP contribution in [0.1, 0.15) is 12.0 Å². The Kier molecular flexibility index (Phi) is 5.60. The second kappa shape index (κ2) is 7.82. The molecule has 1 aliphatic carbocycles. The summed E-state index contributed by atoms with van der Waals surface area (Å²) in [5.41, 5.74) is -5.94. The maximum atomic E-state index is 12.4. The van der Waals surface area contributed by atoms with Crippen LogP contribution in [0.3, 0.4) is 0 Å². The summed E-state index contributed by atoms with van der Waals surface area (Å²) in [6.07, 6.45) is 4.65. The number of benzene rings is 1. The summed E-state index contributed by atoms with van der Waals surface area (Å²) in [6.45, 7) is 1.69. The van der Waals surface area contributed by atoms with Crippen LogP contribution in [0.2, 0.25) is 0 Å². The molecule has 1 N–H and O–H groups in total. The molecule has 1 heterocycles. The van der Waals surface area contributed by atoms with Gasteiger partial charge in [0.25, 0.3) is 0 Å². The number of thioether (sulfide) groups is 1. The molecule has 0 bridgehead atoms. The van der Waals surface area contributed by atoms with E-state index in [2.05, 4.69) is 0 Å². The number of allylic oxidation sites excluding steroid dienone is 2. The highest BCUT2D eigenvalue weighted by atomic mass is 32.2. The summed E-state index contributed by atoms with van der Waals surface area (Å²) in [5.74, 6) is 0.817. The predicted molar refractivity (Wildman–Crippen MR) is 103 cm³/mol. The molecule has 0 saturated carbocycles. The van der Waals surface area contributed by atoms with Crippen LogP contribution in [-0.2, 0) is 7.05 Å². The standard InChI is InChI=1S/C18H16F3N3O4S/c1-10-9-11(24-16(26)22-15(25)23(2)17(24)27)3-8-14(10)28-12-4-6-13(7-5-12)29-18(19,20)21/h3-6,8-9,13H,7H2,1-2H3,(H,22,25,26). The zero-order valence-electron chi connectivity index (χ0n) is 15.3. The Morgan fingerprint density at radius 1 is 1.21 bits per heavy atom. The van der Waals surface area contributed by atoms with Crippen LogP contribution in [-0.4, -0.2) is 24.9 Å². The van der Waals surface area contributed by atoms with Gasteiger partial charge in [-0.05, 0) is 61.0 Å². The monoisotopic (exact) mass is 427 g/mol. The van der Waals surface area contributed by atoms with E-state index in [1.807, 2.05) is 4.98 Å². The first kappa shape index (κ1) is 20.8. The van der Waals surface area contributed by atoms with Crippen molar-refractivity contribution in [1.29, 1.82) is 0 Å². The normalized spacial score (nSPS) is 16.6. The van der Waals surface area contributed by atoms with Crippen molar-refractivity contribution < 1.29 is 17.9 Å². The Balaban J connectivity index is 1.81. The van der Waals surface area contributed by atoms with Crippen molar-refractivity contribution in [2.45, 2.75) is 24.1 Å². The van der Waals surface area contributed by atoms with Crippen molar-refractivity contribution >= 4 is 11.8 Å². The molecule has 29 heavy (non-hydrogen) atoms. The molecule has 0 amide bonds. The number of nitrogens with zero attached hydrogens (tertiary/aromatic N) is 2. The molecule has 7 nitrogen and oxygen atoms in total. The third kappa shape index (κ3) is 4.73. The molecule has 11 heteroatoms. The molecule has 2 aromatic rings. The summed E-state index contributed by atoms with van der Waals surface area (Å²) < 4.78 is 44.6. The van der Waals surface area contributed by atoms with Gasteiger partial charge in [-0.15, -0.1) is 0 Å². The third-order valence-corrected chi connectivity index (χ3v) is 5.08. The van der Waals surface area contributed by atoms with E-state index in [1.54, 1.807) is 13.0 Å². The first-order valence-electron chi connectivity index (χ1n) is 8.39. The second-order valence-corrected chi connectivity index (χ2v) is 7.57. The SMILES string of the molecule is Cc1cc(-n2c(=O)[nH]c(=O)n(C)c2=O)ccc1OC1=CCC(SC(F)(F)F)C=C1. The summed E-state index contributed by atoms with van der Waals surface area (Å²) in [7, 11) is 1.24. The van der Waals surface area contributed by atoms with Gasteiger partial charge in [-0.25, -0.2) is 23.5 Å². The van der Waals surface area contributed by atoms with Crippen molar-refractivity contribution in [2.24, 2.45) is 7.05 Å². The first-order valence-corrected chi connectivity index (χ1v) is 9.27. The molecule has 1 unspecified atom stereocenters. The van der Waals surface area contributed by atoms with Gasteiger partial charge in [0, 0.05) is 12.3 Å². The number of alkyl halides is 3. The summed E-state index contributed by atoms with van der Waals surface area (Å²) >= 11 is -0.0825. The number of rotatable bonds is 4. The fourth-order valence-electron chi connectivity index (χ4n) is 2.71. The van der Waals surface area contributed by atoms with E-state index in [0.29, 0.717) is 17.1 Å². The lowest BCUT2D eigenvalue weighted by molar-refractivity contribution is -0.0331. The summed E-state index contributed by atoms with van der Waals surface area (Å²) in [4.78, 5) is 37.8. The quantitative estimate of drug-likeness (QED) is 0.810. The van der Waals surface area contributed by atoms with Crippen molar-refractivity contribution in [3.8, 4) is 11.4 Å². The molecule has 154 valence electrons. The van der Waals surface area contributed by atoms with Gasteiger partial charge >= 0.3 is 22.6 Å². The highest BCUT2D eigenvalue weighted by Crippen LogP contribution is 2.37. The number of nitrogens with one attached hydrogen (secondary N) is 1. The number of halogens is 3. The van der Waals surface area contributed by atoms with E-state index in [1.165, 1.54) is 37.4 Å². The minimum absolute atomic E-state index is 0.0825. The lowest BCUT2D eigenvalue weighted by Crippen LogP contribution is -2.47. The van der Waals surface area contributed by atoms with Crippen LogP contribution in [0.4, 0.5) is 13.2 Å². The molecule has 0 fully saturated rings. The molecule has 0 aliphatic heterocycles. The van der Waals surface area contributed by atoms with Gasteiger partial charge in [-0.3, -0.25) is 4.98 Å². The number of aryl methyl sites for hydroxylation is 1. The fourth-order valence-corrected chi connectivity index (χ4v) is 3.41. The molecule has 0 saturated heterocycles. The Morgan fingerprint density at radius 2 is 1.93 bits per heavy atom. The maximum Gasteiger partial charge on any atom is 0.442 e. The number of aromatic nitrogens is 3. The van der Waals surface area contributed by atoms with Gasteiger partial charge in [0.15, 0.2) is 0 Å². The third-order valence-electron chi connectivity index (χ3n) is 4.16. The highest BCUT2D eigenvalue weighted by molar-refractivity contribution is 8.00. The minimum atomic E-state index is -4.30. The van der Waals surface area contributed by atoms with Crippen LogP contribution in [0.15, 0.2) is 56.6 Å². The van der Waals surface area contributed by atoms with Crippen LogP contribution in [0.5, 0.6) is 5.75 Å². The minimum Gasteiger partial charge on any atom is -0.457 e. The van der Waals surface area contributed by atoms with Gasteiger partial charge in [0.2, 0.25) is 0 Å². The number of aromatic amines is 1. The van der Waals surface area contributed by atoms with E-state index >= 15 is 0 Å². The van der Waals surface area contributed by atoms with E-state index in [0.717, 1.165) is 9.13 Å². The van der Waals surface area contributed by atoms with E-state index < -0.39 is 27.8 Å². The Bertz CT molecular complexity index is 1170. The average molecular weight is 427 g/mol. The van der Waals surface area contributed by atoms with E-state index in [4.69, 9.17) is 4.74 Å². The first-order chi connectivity index (χ1) is 13.5. The maximum absolute atomic E-state index is 12.4. The van der Waals surface area contributed by atoms with Crippen LogP contribution in [0.25, 0.3) is 5.69 Å². The number of hydrogen-bond acceptors (Lipinski definition) is 5. The number of H-pyrrole nitrogens is 1. The van der Waals surface area contributed by atoms with Gasteiger partial charge in [0.05, 0.1) is 5.69 Å². The lowest BCUT2D eigenvalue weighted by atomic mass is 10.1. The average Bonchev–Trinajstić information content (AvgIpc) is 2.62. The fraction of sp³-hybridized carbons (Fsp3) is 0.278. The van der Waals surface area contributed by atoms with Gasteiger partial charge in [-0.2, -0.15) is 13.2 Å². The smallest absolute Gasteiger partial charge is 0.442 e. The number of hydrogen-bond donors (Lipinski definition) is 1. The van der Waals surface area contributed by atoms with Crippen LogP contribution in [0, 0.1) is 6.92 Å². The Hall–Kier alpha value is -2.95. The van der Waals surface area contributed by atoms with E-state index in [9.17, 15) is 27.6 Å². The molecule has 1 aromatic heterocycles. The largest absolute Gasteiger partial charge is 0.457 e. The molecule has 1 aromatic carbocycles. The number of ether oxygens (including phenoxy) is 1. The molecule has 3 rings (SSSR count). The van der Waals surface area contributed by atoms with Crippen molar-refractivity contribution in [3.05, 3.63) is 79.2 Å². The van der Waals surface area contributed by atoms with Crippen LogP contribution >= 0.6 is 11.8 Å². The second-order valence-electron chi connectivity index (χ2n) is 6.27. The van der Waals surface area contributed by atoms with Crippen LogP contribution < -0.4 is 21.8 Å². The van der Waals surface area contributed by atoms with Crippen molar-refractivity contribution in [3.63, 3.8) is 0 Å². The molecular weight excluding hydrogens is 411 g/mol. The molecular formula is C18H16F3N3O4S. The Labute approximate surface area is 166 Å². The lowest BCUT2D eigenvalue weighted by Gasteiger charge is -2.18.